The van der Waals surface area contributed by atoms with Crippen LogP contribution in [-0.2, 0) is 12.6 Å². The van der Waals surface area contributed by atoms with E-state index in [1.165, 1.54) is 11.6 Å². The van der Waals surface area contributed by atoms with Crippen LogP contribution in [0.5, 0.6) is 5.75 Å². The second-order valence-corrected chi connectivity index (χ2v) is 7.45. The highest BCUT2D eigenvalue weighted by Crippen LogP contribution is 2.33. The summed E-state index contributed by atoms with van der Waals surface area (Å²) in [6.45, 7) is 5.94. The standard InChI is InChI=1S/C27H24F3NO/c1-4-5-20(7-6-19(2)3)8-11-24-16-21(18-31)9-10-22(24)12-13-23-14-15-25(32)17-26(23)27(28,29)30/h4-7,9-10,14-17,32H,8,11H2,1-3H3/b5-4-,20-7+. The van der Waals surface area contributed by atoms with Crippen LogP contribution in [0.25, 0.3) is 0 Å². The first kappa shape index (κ1) is 24.6. The first-order chi connectivity index (χ1) is 15.1. The number of benzene rings is 2. The van der Waals surface area contributed by atoms with Gasteiger partial charge in [-0.1, -0.05) is 41.7 Å². The van der Waals surface area contributed by atoms with E-state index < -0.39 is 17.5 Å². The maximum Gasteiger partial charge on any atom is 0.417 e. The molecule has 0 amide bonds. The average molecular weight is 435 g/mol. The van der Waals surface area contributed by atoms with Gasteiger partial charge in [0.2, 0.25) is 0 Å². The van der Waals surface area contributed by atoms with Crippen molar-refractivity contribution in [3.63, 3.8) is 0 Å². The maximum atomic E-state index is 13.3. The van der Waals surface area contributed by atoms with Gasteiger partial charge >= 0.3 is 6.18 Å². The van der Waals surface area contributed by atoms with Gasteiger partial charge in [-0.2, -0.15) is 18.4 Å². The fourth-order valence-electron chi connectivity index (χ4n) is 2.99. The molecule has 0 aliphatic rings. The summed E-state index contributed by atoms with van der Waals surface area (Å²) in [6, 6.07) is 10.1. The zero-order valence-electron chi connectivity index (χ0n) is 18.2. The third kappa shape index (κ3) is 7.22. The number of rotatable bonds is 5. The third-order valence-electron chi connectivity index (χ3n) is 4.57. The van der Waals surface area contributed by atoms with Crippen LogP contribution in [0.4, 0.5) is 13.2 Å². The summed E-state index contributed by atoms with van der Waals surface area (Å²) in [5.74, 6) is 4.95. The molecule has 0 spiro atoms. The Hall–Kier alpha value is -3.70. The Morgan fingerprint density at radius 1 is 1.03 bits per heavy atom. The van der Waals surface area contributed by atoms with Crippen LogP contribution in [0.2, 0.25) is 0 Å². The topological polar surface area (TPSA) is 44.0 Å². The zero-order chi connectivity index (χ0) is 23.7. The normalized spacial score (nSPS) is 11.6. The molecule has 0 aromatic heterocycles. The van der Waals surface area contributed by atoms with Gasteiger partial charge in [0.1, 0.15) is 5.75 Å². The van der Waals surface area contributed by atoms with Gasteiger partial charge in [0.15, 0.2) is 0 Å². The van der Waals surface area contributed by atoms with Crippen molar-refractivity contribution in [2.24, 2.45) is 0 Å². The van der Waals surface area contributed by atoms with Crippen LogP contribution < -0.4 is 0 Å². The van der Waals surface area contributed by atoms with Crippen LogP contribution >= 0.6 is 0 Å². The van der Waals surface area contributed by atoms with E-state index in [9.17, 15) is 23.5 Å². The molecule has 0 saturated heterocycles. The van der Waals surface area contributed by atoms with Crippen LogP contribution in [-0.4, -0.2) is 5.11 Å². The number of aryl methyl sites for hydroxylation is 1. The Bertz CT molecular complexity index is 1160. The molecular weight excluding hydrogens is 411 g/mol. The number of phenols is 1. The minimum Gasteiger partial charge on any atom is -0.508 e. The predicted molar refractivity (Wildman–Crippen MR) is 121 cm³/mol. The van der Waals surface area contributed by atoms with Crippen molar-refractivity contribution in [1.29, 1.82) is 5.26 Å². The Morgan fingerprint density at radius 2 is 1.72 bits per heavy atom. The minimum absolute atomic E-state index is 0.219. The van der Waals surface area contributed by atoms with E-state index in [0.29, 0.717) is 30.0 Å². The molecule has 0 saturated carbocycles. The highest BCUT2D eigenvalue weighted by atomic mass is 19.4. The Morgan fingerprint density at radius 3 is 2.34 bits per heavy atom. The number of phenolic OH excluding ortho intramolecular Hbond substituents is 1. The quantitative estimate of drug-likeness (QED) is 0.403. The van der Waals surface area contributed by atoms with Crippen LogP contribution in [0, 0.1) is 23.2 Å². The van der Waals surface area contributed by atoms with Gasteiger partial charge in [0, 0.05) is 11.1 Å². The van der Waals surface area contributed by atoms with Gasteiger partial charge < -0.3 is 5.11 Å². The summed E-state index contributed by atoms with van der Waals surface area (Å²) in [5.41, 5.74) is 2.87. The van der Waals surface area contributed by atoms with Gasteiger partial charge in [-0.05, 0) is 81.1 Å². The summed E-state index contributed by atoms with van der Waals surface area (Å²) >= 11 is 0. The second kappa shape index (κ2) is 11.1. The first-order valence-electron chi connectivity index (χ1n) is 10.1. The number of nitriles is 1. The number of halogens is 3. The van der Waals surface area contributed by atoms with Crippen molar-refractivity contribution >= 4 is 0 Å². The summed E-state index contributed by atoms with van der Waals surface area (Å²) in [6.07, 6.45) is 4.63. The number of hydrogen-bond acceptors (Lipinski definition) is 2. The smallest absolute Gasteiger partial charge is 0.417 e. The number of aromatic hydroxyl groups is 1. The van der Waals surface area contributed by atoms with Gasteiger partial charge in [0.05, 0.1) is 17.2 Å². The second-order valence-electron chi connectivity index (χ2n) is 7.45. The molecule has 0 heterocycles. The highest BCUT2D eigenvalue weighted by molar-refractivity contribution is 5.53. The highest BCUT2D eigenvalue weighted by Gasteiger charge is 2.33. The number of alkyl halides is 3. The molecule has 2 aromatic carbocycles. The van der Waals surface area contributed by atoms with Crippen molar-refractivity contribution in [2.75, 3.05) is 0 Å². The maximum absolute atomic E-state index is 13.3. The summed E-state index contributed by atoms with van der Waals surface area (Å²) in [4.78, 5) is 0. The Balaban J connectivity index is 2.44. The van der Waals surface area contributed by atoms with Gasteiger partial charge in [0.25, 0.3) is 0 Å². The molecule has 164 valence electrons. The zero-order valence-corrected chi connectivity index (χ0v) is 18.2. The summed E-state index contributed by atoms with van der Waals surface area (Å²) in [5, 5.41) is 18.7. The minimum atomic E-state index is -4.63. The largest absolute Gasteiger partial charge is 0.508 e. The van der Waals surface area contributed by atoms with Crippen molar-refractivity contribution < 1.29 is 18.3 Å². The lowest BCUT2D eigenvalue weighted by molar-refractivity contribution is -0.137. The summed E-state index contributed by atoms with van der Waals surface area (Å²) < 4.78 is 39.9. The van der Waals surface area contributed by atoms with Crippen molar-refractivity contribution in [3.8, 4) is 23.7 Å². The van der Waals surface area contributed by atoms with Gasteiger partial charge in [-0.15, -0.1) is 0 Å². The van der Waals surface area contributed by atoms with Crippen LogP contribution in [0.1, 0.15) is 55.0 Å². The van der Waals surface area contributed by atoms with Gasteiger partial charge in [-0.25, -0.2) is 0 Å². The third-order valence-corrected chi connectivity index (χ3v) is 4.57. The molecule has 0 radical (unpaired) electrons. The van der Waals surface area contributed by atoms with E-state index in [4.69, 9.17) is 0 Å². The van der Waals surface area contributed by atoms with Crippen molar-refractivity contribution in [2.45, 2.75) is 39.8 Å². The average Bonchev–Trinajstić information content (AvgIpc) is 2.74. The monoisotopic (exact) mass is 435 g/mol. The molecule has 2 nitrogen and oxygen atoms in total. The molecule has 5 heteroatoms. The molecule has 0 atom stereocenters. The number of hydrogen-bond donors (Lipinski definition) is 1. The van der Waals surface area contributed by atoms with Gasteiger partial charge in [-0.3, -0.25) is 0 Å². The number of nitrogens with zero attached hydrogens (tertiary/aromatic N) is 1. The lowest BCUT2D eigenvalue weighted by Crippen LogP contribution is -2.07. The van der Waals surface area contributed by atoms with E-state index in [1.807, 2.05) is 45.1 Å². The molecule has 0 unspecified atom stereocenters. The molecule has 0 fully saturated rings. The Labute approximate surface area is 187 Å². The van der Waals surface area contributed by atoms with E-state index in [1.54, 1.807) is 18.2 Å². The first-order valence-corrected chi connectivity index (χ1v) is 10.1. The molecule has 0 aliphatic heterocycles. The molecule has 0 bridgehead atoms. The molecule has 1 N–H and O–H groups in total. The lowest BCUT2D eigenvalue weighted by atomic mass is 9.97. The van der Waals surface area contributed by atoms with E-state index in [2.05, 4.69) is 17.9 Å². The Kier molecular flexibility index (Phi) is 8.50. The van der Waals surface area contributed by atoms with Crippen LogP contribution in [0.15, 0.2) is 71.8 Å². The van der Waals surface area contributed by atoms with Crippen LogP contribution in [0.3, 0.4) is 0 Å². The predicted octanol–water partition coefficient (Wildman–Crippen LogP) is 7.08. The lowest BCUT2D eigenvalue weighted by Gasteiger charge is -2.09. The molecule has 0 aliphatic carbocycles. The van der Waals surface area contributed by atoms with Crippen molar-refractivity contribution in [1.82, 2.24) is 0 Å². The fraction of sp³-hybridized carbons (Fsp3) is 0.222. The molecule has 32 heavy (non-hydrogen) atoms. The van der Waals surface area contributed by atoms with E-state index in [0.717, 1.165) is 17.2 Å². The molecule has 2 rings (SSSR count). The summed E-state index contributed by atoms with van der Waals surface area (Å²) in [7, 11) is 0. The van der Waals surface area contributed by atoms with E-state index >= 15 is 0 Å². The fourth-order valence-corrected chi connectivity index (χ4v) is 2.99. The number of allylic oxidation sites excluding steroid dienone is 6. The molecular formula is C27H24F3NO. The SMILES string of the molecule is C/C=C\C(=C/C=C(C)C)CCc1cc(C#N)ccc1C#Cc1ccc(O)cc1C(F)(F)F. The van der Waals surface area contributed by atoms with Crippen molar-refractivity contribution in [3.05, 3.63) is 99.7 Å². The van der Waals surface area contributed by atoms with E-state index in [-0.39, 0.29) is 5.56 Å². The molecule has 2 aromatic rings.